The molecule has 2 fully saturated rings. The quantitative estimate of drug-likeness (QED) is 0.159. The molecule has 6 heteroatoms. The second kappa shape index (κ2) is 17.0. The van der Waals surface area contributed by atoms with Gasteiger partial charge in [-0.3, -0.25) is 0 Å². The summed E-state index contributed by atoms with van der Waals surface area (Å²) in [6.07, 6.45) is 9.29. The van der Waals surface area contributed by atoms with Crippen LogP contribution in [0.25, 0.3) is 11.1 Å². The van der Waals surface area contributed by atoms with Crippen molar-refractivity contribution in [3.63, 3.8) is 0 Å². The van der Waals surface area contributed by atoms with Crippen molar-refractivity contribution in [2.45, 2.75) is 153 Å². The number of benzene rings is 8. The van der Waals surface area contributed by atoms with Crippen molar-refractivity contribution in [2.24, 2.45) is 0 Å². The third-order valence-corrected chi connectivity index (χ3v) is 20.7. The second-order valence-corrected chi connectivity index (χ2v) is 27.0. The molecule has 4 aliphatic heterocycles. The first kappa shape index (κ1) is 49.3. The van der Waals surface area contributed by atoms with Crippen molar-refractivity contribution in [1.29, 1.82) is 0 Å². The fourth-order valence-electron chi connectivity index (χ4n) is 16.0. The summed E-state index contributed by atoms with van der Waals surface area (Å²) < 4.78 is 14.8. The van der Waals surface area contributed by atoms with Gasteiger partial charge in [0.15, 0.2) is 0 Å². The van der Waals surface area contributed by atoms with Crippen molar-refractivity contribution < 1.29 is 4.39 Å². The lowest BCUT2D eigenvalue weighted by Gasteiger charge is -2.51. The summed E-state index contributed by atoms with van der Waals surface area (Å²) in [5, 5.41) is 0. The van der Waals surface area contributed by atoms with E-state index in [2.05, 4.69) is 234 Å². The molecule has 2 aliphatic carbocycles. The minimum atomic E-state index is -0.203. The summed E-state index contributed by atoms with van der Waals surface area (Å²) >= 11 is 0. The number of halogens is 1. The van der Waals surface area contributed by atoms with Crippen LogP contribution in [0.2, 0.25) is 0 Å². The van der Waals surface area contributed by atoms with Crippen LogP contribution in [0.4, 0.5) is 61.3 Å². The van der Waals surface area contributed by atoms with E-state index in [0.717, 1.165) is 41.8 Å². The molecule has 0 bridgehead atoms. The zero-order valence-corrected chi connectivity index (χ0v) is 47.6. The molecule has 0 aromatic heterocycles. The molecule has 0 saturated heterocycles. The Morgan fingerprint density at radius 1 is 0.397 bits per heavy atom. The van der Waals surface area contributed by atoms with Crippen molar-refractivity contribution in [3.05, 3.63) is 198 Å². The van der Waals surface area contributed by atoms with Crippen molar-refractivity contribution in [1.82, 2.24) is 0 Å². The Hall–Kier alpha value is -7.05. The number of fused-ring (bicyclic) bond motifs is 10. The number of hydrogen-bond donors (Lipinski definition) is 0. The van der Waals surface area contributed by atoms with Crippen LogP contribution in [0.3, 0.4) is 0 Å². The highest BCUT2D eigenvalue weighted by molar-refractivity contribution is 7.00. The number of para-hydroxylation sites is 2. The molecule has 4 heterocycles. The largest absolute Gasteiger partial charge is 0.334 e. The number of hydrogen-bond acceptors (Lipinski definition) is 4. The molecule has 2 saturated carbocycles. The van der Waals surface area contributed by atoms with Gasteiger partial charge >= 0.3 is 0 Å². The van der Waals surface area contributed by atoms with Gasteiger partial charge in [0, 0.05) is 67.7 Å². The van der Waals surface area contributed by atoms with Gasteiger partial charge in [-0.2, -0.15) is 0 Å². The standard InChI is InChI=1S/C72H74BFN4/c1-67(2,3)49-28-31-53(32-29-49)76-63-36-33-54(77-60-34-27-48(47-21-20-22-51(74)41-47)42-56(60)69(7)37-16-18-39-71(69,77)9)44-59(63)73-58-25-14-15-26-62(58)75(52-23-12-11-13-24-52)64-45-55(46-65(76)66(64)73)78-61-35-30-50(68(4,5)6)43-57(61)70(8)38-17-19-40-72(70,78)10/h11-15,20-36,41-46H,16-19,37-40H2,1-10H3. The van der Waals surface area contributed by atoms with E-state index in [9.17, 15) is 4.39 Å². The van der Waals surface area contributed by atoms with Crippen LogP contribution >= 0.6 is 0 Å². The van der Waals surface area contributed by atoms with Crippen molar-refractivity contribution in [3.8, 4) is 11.1 Å². The van der Waals surface area contributed by atoms with E-state index in [-0.39, 0.29) is 45.3 Å². The first-order chi connectivity index (χ1) is 37.3. The van der Waals surface area contributed by atoms with E-state index in [1.165, 1.54) is 116 Å². The number of anilines is 10. The first-order valence-corrected chi connectivity index (χ1v) is 29.2. The maximum Gasteiger partial charge on any atom is 0.252 e. The van der Waals surface area contributed by atoms with E-state index in [1.807, 2.05) is 12.1 Å². The van der Waals surface area contributed by atoms with Gasteiger partial charge in [0.1, 0.15) is 5.82 Å². The zero-order chi connectivity index (χ0) is 53.9. The highest BCUT2D eigenvalue weighted by Crippen LogP contribution is 2.64. The van der Waals surface area contributed by atoms with Gasteiger partial charge in [-0.1, -0.05) is 160 Å². The molecule has 4 atom stereocenters. The van der Waals surface area contributed by atoms with E-state index in [0.29, 0.717) is 0 Å². The maximum atomic E-state index is 14.8. The fraction of sp³-hybridized carbons (Fsp3) is 0.333. The number of nitrogens with zero attached hydrogens (tertiary/aromatic N) is 4. The van der Waals surface area contributed by atoms with Crippen molar-refractivity contribution in [2.75, 3.05) is 19.6 Å². The van der Waals surface area contributed by atoms with Crippen LogP contribution in [0, 0.1) is 5.82 Å². The van der Waals surface area contributed by atoms with Gasteiger partial charge in [0.2, 0.25) is 0 Å². The Bertz CT molecular complexity index is 3740. The monoisotopic (exact) mass is 1020 g/mol. The maximum absolute atomic E-state index is 14.8. The zero-order valence-electron chi connectivity index (χ0n) is 47.6. The lowest BCUT2D eigenvalue weighted by Crippen LogP contribution is -2.62. The van der Waals surface area contributed by atoms with Crippen LogP contribution in [-0.4, -0.2) is 17.8 Å². The average Bonchev–Trinajstić information content (AvgIpc) is 4.01. The molecule has 8 aromatic carbocycles. The summed E-state index contributed by atoms with van der Waals surface area (Å²) in [6.45, 7) is 24.2. The molecule has 4 unspecified atom stereocenters. The molecule has 8 aromatic rings. The smallest absolute Gasteiger partial charge is 0.252 e. The summed E-state index contributed by atoms with van der Waals surface area (Å²) in [5.74, 6) is -0.203. The average molecular weight is 1030 g/mol. The molecular formula is C72H74BFN4. The van der Waals surface area contributed by atoms with Crippen LogP contribution in [0.5, 0.6) is 0 Å². The Kier molecular flexibility index (Phi) is 10.7. The third kappa shape index (κ3) is 6.89. The predicted molar refractivity (Wildman–Crippen MR) is 329 cm³/mol. The van der Waals surface area contributed by atoms with Gasteiger partial charge < -0.3 is 19.6 Å². The molecule has 0 N–H and O–H groups in total. The molecular weight excluding hydrogens is 951 g/mol. The summed E-state index contributed by atoms with van der Waals surface area (Å²) in [5.41, 5.74) is 23.4. The highest BCUT2D eigenvalue weighted by atomic mass is 19.1. The van der Waals surface area contributed by atoms with Crippen molar-refractivity contribution >= 4 is 80.0 Å². The van der Waals surface area contributed by atoms with Crippen LogP contribution in [-0.2, 0) is 21.7 Å². The third-order valence-electron chi connectivity index (χ3n) is 20.7. The molecule has 392 valence electrons. The molecule has 0 radical (unpaired) electrons. The number of rotatable bonds is 5. The lowest BCUT2D eigenvalue weighted by molar-refractivity contribution is 0.195. The SMILES string of the molecule is CC(C)(C)c1ccc(N2c3ccc(N4c5ccc(-c6cccc(F)c6)cc5C5(C)CCCCC45C)cc3B3c4ccccc4N(c4ccccc4)c4cc(N5c6ccc(C(C)(C)C)cc6C6(C)CCCCC56C)cc2c43)cc1. The lowest BCUT2D eigenvalue weighted by atomic mass is 9.33. The molecule has 14 rings (SSSR count). The Morgan fingerprint density at radius 3 is 1.55 bits per heavy atom. The van der Waals surface area contributed by atoms with Gasteiger partial charge in [-0.05, 0) is 191 Å². The van der Waals surface area contributed by atoms with Gasteiger partial charge in [-0.15, -0.1) is 0 Å². The predicted octanol–water partition coefficient (Wildman–Crippen LogP) is 17.7. The van der Waals surface area contributed by atoms with Crippen LogP contribution in [0.15, 0.2) is 170 Å². The van der Waals surface area contributed by atoms with E-state index in [1.54, 1.807) is 12.1 Å². The highest BCUT2D eigenvalue weighted by Gasteiger charge is 2.60. The minimum absolute atomic E-state index is 0.00317. The Labute approximate surface area is 464 Å². The molecule has 4 nitrogen and oxygen atoms in total. The van der Waals surface area contributed by atoms with E-state index >= 15 is 0 Å². The van der Waals surface area contributed by atoms with E-state index < -0.39 is 0 Å². The second-order valence-electron chi connectivity index (χ2n) is 27.0. The normalized spacial score (nSPS) is 23.8. The minimum Gasteiger partial charge on any atom is -0.334 e. The first-order valence-electron chi connectivity index (χ1n) is 29.2. The van der Waals surface area contributed by atoms with Crippen LogP contribution in [0.1, 0.15) is 143 Å². The Balaban J connectivity index is 1.04. The molecule has 6 aliphatic rings. The van der Waals surface area contributed by atoms with Crippen LogP contribution < -0.4 is 36.0 Å². The van der Waals surface area contributed by atoms with E-state index in [4.69, 9.17) is 0 Å². The Morgan fingerprint density at radius 2 is 0.910 bits per heavy atom. The molecule has 0 spiro atoms. The summed E-state index contributed by atoms with van der Waals surface area (Å²) in [7, 11) is 0. The van der Waals surface area contributed by atoms with Gasteiger partial charge in [0.25, 0.3) is 6.71 Å². The topological polar surface area (TPSA) is 13.0 Å². The molecule has 78 heavy (non-hydrogen) atoms. The molecule has 0 amide bonds. The summed E-state index contributed by atoms with van der Waals surface area (Å²) in [6, 6.07) is 64.0. The van der Waals surface area contributed by atoms with Gasteiger partial charge in [-0.25, -0.2) is 4.39 Å². The summed E-state index contributed by atoms with van der Waals surface area (Å²) in [4.78, 5) is 10.7. The fourth-order valence-corrected chi connectivity index (χ4v) is 16.0. The van der Waals surface area contributed by atoms with Gasteiger partial charge in [0.05, 0.1) is 11.1 Å².